The lowest BCUT2D eigenvalue weighted by molar-refractivity contribution is 0.0547. The van der Waals surface area contributed by atoms with Crippen molar-refractivity contribution in [3.63, 3.8) is 0 Å². The molecule has 22 heavy (non-hydrogen) atoms. The summed E-state index contributed by atoms with van der Waals surface area (Å²) in [4.78, 5) is 15.6. The lowest BCUT2D eigenvalue weighted by Gasteiger charge is -2.20. The predicted molar refractivity (Wildman–Crippen MR) is 92.7 cm³/mol. The molecule has 0 saturated carbocycles. The third-order valence-corrected chi connectivity index (χ3v) is 2.55. The van der Waals surface area contributed by atoms with Gasteiger partial charge in [0.1, 0.15) is 5.60 Å². The van der Waals surface area contributed by atoms with E-state index in [1.807, 2.05) is 13.0 Å². The number of allylic oxidation sites excluding steroid dienone is 4. The van der Waals surface area contributed by atoms with Crippen LogP contribution in [0.4, 0.5) is 4.79 Å². The number of nitrogens with one attached hydrogen (secondary N) is 1. The van der Waals surface area contributed by atoms with Crippen LogP contribution in [0.15, 0.2) is 52.8 Å². The first-order valence-corrected chi connectivity index (χ1v) is 7.07. The van der Waals surface area contributed by atoms with Crippen molar-refractivity contribution in [2.24, 2.45) is 10.7 Å². The molecule has 1 amide bonds. The summed E-state index contributed by atoms with van der Waals surface area (Å²) in [6, 6.07) is 0. The first kappa shape index (κ1) is 19.7. The minimum Gasteiger partial charge on any atom is -0.444 e. The van der Waals surface area contributed by atoms with Crippen LogP contribution in [-0.2, 0) is 4.74 Å². The molecule has 0 aromatic carbocycles. The lowest BCUT2D eigenvalue weighted by atomic mass is 10.0. The number of nitrogens with two attached hydrogens (primary N) is 1. The highest BCUT2D eigenvalue weighted by atomic mass is 16.6. The van der Waals surface area contributed by atoms with Crippen molar-refractivity contribution in [1.82, 2.24) is 5.32 Å². The molecular formula is C17H27N3O2. The molecule has 0 heterocycles. The molecule has 0 unspecified atom stereocenters. The molecule has 0 rings (SSSR count). The van der Waals surface area contributed by atoms with E-state index in [0.717, 1.165) is 17.6 Å². The highest BCUT2D eigenvalue weighted by molar-refractivity contribution is 5.74. The molecule has 5 nitrogen and oxygen atoms in total. The maximum Gasteiger partial charge on any atom is 0.412 e. The van der Waals surface area contributed by atoms with E-state index in [9.17, 15) is 4.79 Å². The molecule has 0 spiro atoms. The van der Waals surface area contributed by atoms with Crippen molar-refractivity contribution >= 4 is 12.3 Å². The van der Waals surface area contributed by atoms with Gasteiger partial charge in [0.2, 0.25) is 0 Å². The highest BCUT2D eigenvalue weighted by Gasteiger charge is 2.16. The molecule has 0 aromatic heterocycles. The number of nitrogens with zero attached hydrogens (tertiary/aromatic N) is 1. The Morgan fingerprint density at radius 3 is 2.41 bits per heavy atom. The van der Waals surface area contributed by atoms with Crippen LogP contribution in [0.5, 0.6) is 0 Å². The normalized spacial score (nSPS) is 13.1. The Bertz CT molecular complexity index is 521. The summed E-state index contributed by atoms with van der Waals surface area (Å²) in [6.07, 6.45) is 5.43. The third kappa shape index (κ3) is 8.09. The second kappa shape index (κ2) is 8.87. The Kier molecular flexibility index (Phi) is 7.94. The van der Waals surface area contributed by atoms with Crippen molar-refractivity contribution in [3.05, 3.63) is 47.9 Å². The molecule has 0 fully saturated rings. The summed E-state index contributed by atoms with van der Waals surface area (Å²) >= 11 is 0. The van der Waals surface area contributed by atoms with Crippen molar-refractivity contribution in [2.45, 2.75) is 39.7 Å². The molecule has 0 aliphatic heterocycles. The number of ether oxygens (including phenoxy) is 1. The van der Waals surface area contributed by atoms with E-state index in [-0.39, 0.29) is 5.70 Å². The van der Waals surface area contributed by atoms with Crippen LogP contribution >= 0.6 is 0 Å². The van der Waals surface area contributed by atoms with Gasteiger partial charge in [0.15, 0.2) is 0 Å². The summed E-state index contributed by atoms with van der Waals surface area (Å²) < 4.78 is 5.14. The molecule has 3 N–H and O–H groups in total. The number of carbonyl (C=O) groups is 1. The molecule has 0 saturated heterocycles. The number of amides is 1. The number of rotatable bonds is 6. The average Bonchev–Trinajstić information content (AvgIpc) is 2.36. The van der Waals surface area contributed by atoms with Crippen LogP contribution in [0, 0.1) is 0 Å². The zero-order valence-corrected chi connectivity index (χ0v) is 14.2. The maximum atomic E-state index is 11.7. The van der Waals surface area contributed by atoms with Crippen LogP contribution in [0.3, 0.4) is 0 Å². The van der Waals surface area contributed by atoms with Crippen LogP contribution in [0.2, 0.25) is 0 Å². The topological polar surface area (TPSA) is 76.7 Å². The van der Waals surface area contributed by atoms with Crippen LogP contribution < -0.4 is 11.1 Å². The number of aliphatic imine (C=N–C) groups is 1. The van der Waals surface area contributed by atoms with Gasteiger partial charge in [-0.3, -0.25) is 10.3 Å². The van der Waals surface area contributed by atoms with E-state index in [1.54, 1.807) is 40.1 Å². The standard InChI is InChI=1S/C17H27N3O2/c1-8-14(9-10-19-7)12(2)11-15(18)13(3)20-16(21)22-17(4,5)6/h9-11H,2-3,8,18H2,1,4-7H3,(H,20,21)/b14-9+,15-11+,19-10?. The van der Waals surface area contributed by atoms with Gasteiger partial charge in [0.05, 0.1) is 11.4 Å². The predicted octanol–water partition coefficient (Wildman–Crippen LogP) is 3.46. The zero-order chi connectivity index (χ0) is 17.3. The van der Waals surface area contributed by atoms with E-state index >= 15 is 0 Å². The average molecular weight is 305 g/mol. The maximum absolute atomic E-state index is 11.7. The van der Waals surface area contributed by atoms with Crippen LogP contribution in [-0.4, -0.2) is 25.0 Å². The first-order chi connectivity index (χ1) is 10.1. The monoisotopic (exact) mass is 305 g/mol. The largest absolute Gasteiger partial charge is 0.444 e. The fourth-order valence-corrected chi connectivity index (χ4v) is 1.48. The van der Waals surface area contributed by atoms with Gasteiger partial charge in [-0.15, -0.1) is 0 Å². The number of alkyl carbamates (subject to hydrolysis) is 1. The Morgan fingerprint density at radius 2 is 1.95 bits per heavy atom. The second-order valence-electron chi connectivity index (χ2n) is 5.68. The van der Waals surface area contributed by atoms with E-state index in [4.69, 9.17) is 10.5 Å². The molecule has 5 heteroatoms. The van der Waals surface area contributed by atoms with Crippen molar-refractivity contribution in [1.29, 1.82) is 0 Å². The molecule has 0 aromatic rings. The molecule has 0 aliphatic rings. The lowest BCUT2D eigenvalue weighted by Crippen LogP contribution is -2.33. The minimum atomic E-state index is -0.594. The molecular weight excluding hydrogens is 278 g/mol. The van der Waals surface area contributed by atoms with Crippen LogP contribution in [0.1, 0.15) is 34.1 Å². The fraction of sp³-hybridized carbons (Fsp3) is 0.412. The zero-order valence-electron chi connectivity index (χ0n) is 14.2. The second-order valence-corrected chi connectivity index (χ2v) is 5.68. The molecule has 122 valence electrons. The SMILES string of the molecule is C=C(NC(=O)OC(C)(C)C)/C(N)=C\C(=C)/C(=C/C=NC)CC. The summed E-state index contributed by atoms with van der Waals surface area (Å²) in [7, 11) is 1.70. The Labute approximate surface area is 133 Å². The fourth-order valence-electron chi connectivity index (χ4n) is 1.48. The Morgan fingerprint density at radius 1 is 1.36 bits per heavy atom. The minimum absolute atomic E-state index is 0.273. The smallest absolute Gasteiger partial charge is 0.412 e. The number of hydrogen-bond acceptors (Lipinski definition) is 4. The van der Waals surface area contributed by atoms with Crippen molar-refractivity contribution in [2.75, 3.05) is 7.05 Å². The van der Waals surface area contributed by atoms with Crippen LogP contribution in [0.25, 0.3) is 0 Å². The van der Waals surface area contributed by atoms with E-state index in [1.165, 1.54) is 0 Å². The number of carbonyl (C=O) groups excluding carboxylic acids is 1. The van der Waals surface area contributed by atoms with Gasteiger partial charge in [0, 0.05) is 13.3 Å². The summed E-state index contributed by atoms with van der Waals surface area (Å²) in [5.41, 5.74) is 7.68. The quantitative estimate of drug-likeness (QED) is 0.583. The van der Waals surface area contributed by atoms with Crippen molar-refractivity contribution < 1.29 is 9.53 Å². The highest BCUT2D eigenvalue weighted by Crippen LogP contribution is 2.15. The number of hydrogen-bond donors (Lipinski definition) is 2. The summed E-state index contributed by atoms with van der Waals surface area (Å²) in [5, 5.41) is 2.51. The Hall–Kier alpha value is -2.30. The molecule has 0 aliphatic carbocycles. The van der Waals surface area contributed by atoms with E-state index in [0.29, 0.717) is 5.70 Å². The van der Waals surface area contributed by atoms with Gasteiger partial charge in [-0.2, -0.15) is 0 Å². The van der Waals surface area contributed by atoms with Gasteiger partial charge in [-0.25, -0.2) is 4.79 Å². The van der Waals surface area contributed by atoms with Crippen molar-refractivity contribution in [3.8, 4) is 0 Å². The van der Waals surface area contributed by atoms with Gasteiger partial charge in [0.25, 0.3) is 0 Å². The van der Waals surface area contributed by atoms with Gasteiger partial charge >= 0.3 is 6.09 Å². The molecule has 0 bridgehead atoms. The summed E-state index contributed by atoms with van der Waals surface area (Å²) in [6.45, 7) is 15.1. The van der Waals surface area contributed by atoms with E-state index < -0.39 is 11.7 Å². The van der Waals surface area contributed by atoms with Gasteiger partial charge < -0.3 is 10.5 Å². The summed E-state index contributed by atoms with van der Waals surface area (Å²) in [5.74, 6) is 0. The first-order valence-electron chi connectivity index (χ1n) is 7.07. The van der Waals surface area contributed by atoms with Gasteiger partial charge in [-0.05, 0) is 50.5 Å². The third-order valence-electron chi connectivity index (χ3n) is 2.55. The van der Waals surface area contributed by atoms with E-state index in [2.05, 4.69) is 23.5 Å². The Balaban J connectivity index is 4.87. The van der Waals surface area contributed by atoms with Gasteiger partial charge in [-0.1, -0.05) is 20.1 Å². The molecule has 0 radical (unpaired) electrons. The molecule has 0 atom stereocenters.